The van der Waals surface area contributed by atoms with Crippen molar-refractivity contribution < 1.29 is 23.8 Å². The lowest BCUT2D eigenvalue weighted by Crippen LogP contribution is -2.25. The number of hydrogen-bond acceptors (Lipinski definition) is 6. The molecule has 19 heavy (non-hydrogen) atoms. The number of hydroxylamine groups is 1. The second kappa shape index (κ2) is 15.3. The van der Waals surface area contributed by atoms with Crippen molar-refractivity contribution in [2.45, 2.75) is 19.3 Å². The van der Waals surface area contributed by atoms with E-state index in [9.17, 15) is 4.79 Å². The van der Waals surface area contributed by atoms with Gasteiger partial charge in [0, 0.05) is 13.5 Å². The summed E-state index contributed by atoms with van der Waals surface area (Å²) in [4.78, 5) is 16.2. The van der Waals surface area contributed by atoms with Gasteiger partial charge in [0.2, 0.25) is 5.91 Å². The van der Waals surface area contributed by atoms with Crippen LogP contribution in [0.5, 0.6) is 0 Å². The Morgan fingerprint density at radius 1 is 1.00 bits per heavy atom. The summed E-state index contributed by atoms with van der Waals surface area (Å²) in [6.45, 7) is 3.51. The number of ether oxygens (including phenoxy) is 3. The largest absolute Gasteiger partial charge is 0.382 e. The van der Waals surface area contributed by atoms with Gasteiger partial charge in [0.05, 0.1) is 39.6 Å². The van der Waals surface area contributed by atoms with Crippen molar-refractivity contribution in [2.75, 3.05) is 53.3 Å². The predicted molar refractivity (Wildman–Crippen MR) is 70.5 cm³/mol. The molecule has 0 saturated heterocycles. The zero-order chi connectivity index (χ0) is 14.2. The molecular weight excluding hydrogens is 252 g/mol. The molecule has 1 amide bonds. The number of amides is 1. The summed E-state index contributed by atoms with van der Waals surface area (Å²) >= 11 is 0. The molecule has 0 rings (SSSR count). The third kappa shape index (κ3) is 15.2. The van der Waals surface area contributed by atoms with Crippen molar-refractivity contribution in [1.82, 2.24) is 5.48 Å². The standard InChI is InChI=1S/C12H26N2O5/c1-16-6-7-17-8-9-18-10-11-19-14-12(15)4-2-3-5-13/h2-11,13H2,1H3,(H,14,15). The number of nitrogens with one attached hydrogen (secondary N) is 1. The monoisotopic (exact) mass is 278 g/mol. The molecule has 0 bridgehead atoms. The molecule has 0 saturated carbocycles. The molecule has 0 spiro atoms. The maximum atomic E-state index is 11.2. The van der Waals surface area contributed by atoms with Crippen molar-refractivity contribution in [1.29, 1.82) is 0 Å². The van der Waals surface area contributed by atoms with Gasteiger partial charge in [-0.2, -0.15) is 0 Å². The van der Waals surface area contributed by atoms with Crippen molar-refractivity contribution >= 4 is 5.91 Å². The number of rotatable bonds is 14. The molecule has 0 aliphatic carbocycles. The average molecular weight is 278 g/mol. The number of nitrogens with two attached hydrogens (primary N) is 1. The molecule has 7 heteroatoms. The highest BCUT2D eigenvalue weighted by Crippen LogP contribution is 1.92. The molecule has 114 valence electrons. The fourth-order valence-corrected chi connectivity index (χ4v) is 1.18. The smallest absolute Gasteiger partial charge is 0.243 e. The minimum Gasteiger partial charge on any atom is -0.382 e. The third-order valence-electron chi connectivity index (χ3n) is 2.18. The molecule has 0 radical (unpaired) electrons. The Labute approximate surface area is 114 Å². The molecule has 0 fully saturated rings. The summed E-state index contributed by atoms with van der Waals surface area (Å²) < 4.78 is 15.3. The summed E-state index contributed by atoms with van der Waals surface area (Å²) in [6.07, 6.45) is 2.06. The van der Waals surface area contributed by atoms with Crippen LogP contribution in [0.2, 0.25) is 0 Å². The molecule has 0 aliphatic heterocycles. The molecular formula is C12H26N2O5. The van der Waals surface area contributed by atoms with Crippen molar-refractivity contribution in [3.8, 4) is 0 Å². The van der Waals surface area contributed by atoms with Crippen LogP contribution in [0.4, 0.5) is 0 Å². The second-order valence-electron chi connectivity index (χ2n) is 3.84. The molecule has 7 nitrogen and oxygen atoms in total. The minimum atomic E-state index is -0.128. The Hall–Kier alpha value is -0.730. The van der Waals surface area contributed by atoms with Crippen molar-refractivity contribution in [2.24, 2.45) is 5.73 Å². The van der Waals surface area contributed by atoms with E-state index >= 15 is 0 Å². The van der Waals surface area contributed by atoms with Gasteiger partial charge in [-0.25, -0.2) is 5.48 Å². The van der Waals surface area contributed by atoms with Crippen LogP contribution >= 0.6 is 0 Å². The lowest BCUT2D eigenvalue weighted by Gasteiger charge is -2.07. The van der Waals surface area contributed by atoms with Crippen molar-refractivity contribution in [3.63, 3.8) is 0 Å². The Bertz CT molecular complexity index is 205. The van der Waals surface area contributed by atoms with E-state index in [1.54, 1.807) is 7.11 Å². The minimum absolute atomic E-state index is 0.128. The van der Waals surface area contributed by atoms with Crippen LogP contribution in [0.15, 0.2) is 0 Å². The number of hydrogen-bond donors (Lipinski definition) is 2. The fraction of sp³-hybridized carbons (Fsp3) is 0.917. The van der Waals surface area contributed by atoms with Gasteiger partial charge in [-0.15, -0.1) is 0 Å². The molecule has 0 aromatic carbocycles. The van der Waals surface area contributed by atoms with Gasteiger partial charge in [-0.1, -0.05) is 0 Å². The van der Waals surface area contributed by atoms with E-state index in [2.05, 4.69) is 5.48 Å². The first-order chi connectivity index (χ1) is 9.31. The van der Waals surface area contributed by atoms with Gasteiger partial charge >= 0.3 is 0 Å². The maximum Gasteiger partial charge on any atom is 0.243 e. The Kier molecular flexibility index (Phi) is 14.7. The van der Waals surface area contributed by atoms with Gasteiger partial charge in [0.15, 0.2) is 0 Å². The first-order valence-electron chi connectivity index (χ1n) is 6.56. The molecule has 0 aromatic heterocycles. The lowest BCUT2D eigenvalue weighted by atomic mass is 10.2. The summed E-state index contributed by atoms with van der Waals surface area (Å²) in [5.41, 5.74) is 7.68. The van der Waals surface area contributed by atoms with Crippen molar-refractivity contribution in [3.05, 3.63) is 0 Å². The highest BCUT2D eigenvalue weighted by molar-refractivity contribution is 5.74. The quantitative estimate of drug-likeness (QED) is 0.339. The van der Waals surface area contributed by atoms with Crippen LogP contribution in [-0.4, -0.2) is 59.2 Å². The van der Waals surface area contributed by atoms with Gasteiger partial charge in [-0.3, -0.25) is 9.63 Å². The molecule has 0 aliphatic rings. The first kappa shape index (κ1) is 18.3. The zero-order valence-electron chi connectivity index (χ0n) is 11.7. The van der Waals surface area contributed by atoms with E-state index in [4.69, 9.17) is 24.8 Å². The van der Waals surface area contributed by atoms with Gasteiger partial charge in [-0.05, 0) is 19.4 Å². The first-order valence-corrected chi connectivity index (χ1v) is 6.56. The van der Waals surface area contributed by atoms with E-state index in [-0.39, 0.29) is 5.91 Å². The van der Waals surface area contributed by atoms with E-state index < -0.39 is 0 Å². The third-order valence-corrected chi connectivity index (χ3v) is 2.18. The summed E-state index contributed by atoms with van der Waals surface area (Å²) in [5.74, 6) is -0.128. The van der Waals surface area contributed by atoms with Gasteiger partial charge < -0.3 is 19.9 Å². The van der Waals surface area contributed by atoms with Crippen LogP contribution in [-0.2, 0) is 23.8 Å². The van der Waals surface area contributed by atoms with Crippen LogP contribution in [0.1, 0.15) is 19.3 Å². The SMILES string of the molecule is COCCOCCOCCONC(=O)CCCCN. The summed E-state index contributed by atoms with van der Waals surface area (Å²) in [5, 5.41) is 0. The van der Waals surface area contributed by atoms with Crippen LogP contribution in [0.3, 0.4) is 0 Å². The Morgan fingerprint density at radius 2 is 1.63 bits per heavy atom. The summed E-state index contributed by atoms with van der Waals surface area (Å²) in [7, 11) is 1.63. The molecule has 0 aromatic rings. The van der Waals surface area contributed by atoms with Crippen LogP contribution in [0, 0.1) is 0 Å². The molecule has 0 unspecified atom stereocenters. The summed E-state index contributed by atoms with van der Waals surface area (Å²) in [6, 6.07) is 0. The average Bonchev–Trinajstić information content (AvgIpc) is 2.41. The van der Waals surface area contributed by atoms with Crippen LogP contribution < -0.4 is 11.2 Å². The highest BCUT2D eigenvalue weighted by Gasteiger charge is 1.99. The number of carbonyl (C=O) groups is 1. The Morgan fingerprint density at radius 3 is 2.26 bits per heavy atom. The maximum absolute atomic E-state index is 11.2. The van der Waals surface area contributed by atoms with E-state index in [0.29, 0.717) is 52.6 Å². The number of carbonyl (C=O) groups excluding carboxylic acids is 1. The number of methoxy groups -OCH3 is 1. The fourth-order valence-electron chi connectivity index (χ4n) is 1.18. The van der Waals surface area contributed by atoms with E-state index in [1.807, 2.05) is 0 Å². The molecule has 0 atom stereocenters. The van der Waals surface area contributed by atoms with Gasteiger partial charge in [0.1, 0.15) is 0 Å². The predicted octanol–water partition coefficient (Wildman–Crippen LogP) is -0.157. The normalized spacial score (nSPS) is 10.6. The second-order valence-corrected chi connectivity index (χ2v) is 3.84. The van der Waals surface area contributed by atoms with Gasteiger partial charge in [0.25, 0.3) is 0 Å². The highest BCUT2D eigenvalue weighted by atomic mass is 16.7. The lowest BCUT2D eigenvalue weighted by molar-refractivity contribution is -0.135. The Balaban J connectivity index is 3.07. The van der Waals surface area contributed by atoms with E-state index in [0.717, 1.165) is 12.8 Å². The zero-order valence-corrected chi connectivity index (χ0v) is 11.7. The number of unbranched alkanes of at least 4 members (excludes halogenated alkanes) is 1. The molecule has 0 heterocycles. The topological polar surface area (TPSA) is 92.0 Å². The molecule has 3 N–H and O–H groups in total. The van der Waals surface area contributed by atoms with E-state index in [1.165, 1.54) is 0 Å². The van der Waals surface area contributed by atoms with Crippen LogP contribution in [0.25, 0.3) is 0 Å².